The summed E-state index contributed by atoms with van der Waals surface area (Å²) in [4.78, 5) is 27.1. The first-order valence-corrected chi connectivity index (χ1v) is 10.6. The molecule has 2 fully saturated rings. The van der Waals surface area contributed by atoms with Gasteiger partial charge in [0, 0.05) is 44.7 Å². The molecule has 1 atom stereocenters. The molecule has 2 aliphatic heterocycles. The van der Waals surface area contributed by atoms with E-state index in [0.717, 1.165) is 36.9 Å². The summed E-state index contributed by atoms with van der Waals surface area (Å²) in [6.07, 6.45) is 1.62. The van der Waals surface area contributed by atoms with Gasteiger partial charge in [-0.15, -0.1) is 35.3 Å². The van der Waals surface area contributed by atoms with Gasteiger partial charge in [-0.2, -0.15) is 0 Å². The van der Waals surface area contributed by atoms with Crippen LogP contribution in [0, 0.1) is 6.92 Å². The van der Waals surface area contributed by atoms with Gasteiger partial charge in [-0.05, 0) is 25.7 Å². The average molecular weight is 521 g/mol. The minimum absolute atomic E-state index is 0. The fourth-order valence-corrected chi connectivity index (χ4v) is 4.71. The number of piperazine rings is 1. The monoisotopic (exact) mass is 521 g/mol. The molecule has 9 heteroatoms. The summed E-state index contributed by atoms with van der Waals surface area (Å²) in [5, 5.41) is 4.52. The number of carbonyl (C=O) groups excluding carboxylic acids is 1. The molecule has 7 nitrogen and oxygen atoms in total. The quantitative estimate of drug-likeness (QED) is 0.375. The Balaban J connectivity index is 0.00000280. The van der Waals surface area contributed by atoms with Crippen molar-refractivity contribution in [3.8, 4) is 0 Å². The Hall–Kier alpha value is -0.940. The fraction of sp³-hybridized carbons (Fsp3) is 0.737. The Kier molecular flexibility index (Phi) is 8.94. The summed E-state index contributed by atoms with van der Waals surface area (Å²) in [6, 6.07) is 0. The van der Waals surface area contributed by atoms with Crippen LogP contribution in [0.25, 0.3) is 0 Å². The van der Waals surface area contributed by atoms with Gasteiger partial charge in [-0.3, -0.25) is 9.79 Å². The van der Waals surface area contributed by atoms with E-state index in [1.165, 1.54) is 10.6 Å². The van der Waals surface area contributed by atoms with E-state index >= 15 is 0 Å². The van der Waals surface area contributed by atoms with E-state index in [1.54, 1.807) is 18.4 Å². The summed E-state index contributed by atoms with van der Waals surface area (Å²) in [6.45, 7) is 10.9. The van der Waals surface area contributed by atoms with E-state index in [1.807, 2.05) is 4.90 Å². The van der Waals surface area contributed by atoms with Crippen LogP contribution in [-0.2, 0) is 16.1 Å². The Morgan fingerprint density at radius 2 is 2.00 bits per heavy atom. The lowest BCUT2D eigenvalue weighted by molar-refractivity contribution is -0.142. The number of hydrogen-bond acceptors (Lipinski definition) is 5. The second-order valence-electron chi connectivity index (χ2n) is 7.42. The molecule has 0 aliphatic carbocycles. The molecule has 0 aromatic carbocycles. The van der Waals surface area contributed by atoms with Gasteiger partial charge in [0.05, 0.1) is 12.2 Å². The van der Waals surface area contributed by atoms with Gasteiger partial charge in [0.1, 0.15) is 11.1 Å². The van der Waals surface area contributed by atoms with Crippen LogP contribution in [0.1, 0.15) is 48.2 Å². The zero-order valence-electron chi connectivity index (χ0n) is 17.2. The minimum atomic E-state index is -0.225. The third-order valence-corrected chi connectivity index (χ3v) is 6.12. The number of guanidine groups is 1. The number of aryl methyl sites for hydroxylation is 1. The van der Waals surface area contributed by atoms with E-state index in [4.69, 9.17) is 9.72 Å². The normalized spacial score (nSPS) is 20.5. The van der Waals surface area contributed by atoms with Crippen molar-refractivity contribution >= 4 is 47.2 Å². The van der Waals surface area contributed by atoms with Crippen LogP contribution in [0.2, 0.25) is 0 Å². The number of thiazole rings is 1. The van der Waals surface area contributed by atoms with E-state index < -0.39 is 0 Å². The molecule has 158 valence electrons. The smallest absolute Gasteiger partial charge is 0.251 e. The van der Waals surface area contributed by atoms with Gasteiger partial charge in [0.2, 0.25) is 0 Å². The first-order valence-electron chi connectivity index (χ1n) is 9.81. The number of aromatic nitrogens is 1. The van der Waals surface area contributed by atoms with Crippen LogP contribution in [0.15, 0.2) is 4.99 Å². The van der Waals surface area contributed by atoms with Crippen molar-refractivity contribution in [1.82, 2.24) is 20.1 Å². The molecule has 3 rings (SSSR count). The predicted molar refractivity (Wildman–Crippen MR) is 124 cm³/mol. The first kappa shape index (κ1) is 23.3. The lowest BCUT2D eigenvalue weighted by Gasteiger charge is -2.37. The van der Waals surface area contributed by atoms with Gasteiger partial charge >= 0.3 is 0 Å². The molecule has 1 N–H and O–H groups in total. The third-order valence-electron chi connectivity index (χ3n) is 5.13. The lowest BCUT2D eigenvalue weighted by Crippen LogP contribution is -2.55. The van der Waals surface area contributed by atoms with Crippen LogP contribution < -0.4 is 5.32 Å². The molecule has 1 aromatic rings. The highest BCUT2D eigenvalue weighted by atomic mass is 127. The van der Waals surface area contributed by atoms with Gasteiger partial charge in [-0.25, -0.2) is 4.98 Å². The molecular formula is C19H32IN5O2S. The van der Waals surface area contributed by atoms with Gasteiger partial charge in [-0.1, -0.05) is 13.8 Å². The first-order chi connectivity index (χ1) is 13.0. The van der Waals surface area contributed by atoms with Gasteiger partial charge in [0.15, 0.2) is 5.96 Å². The summed E-state index contributed by atoms with van der Waals surface area (Å²) in [5.41, 5.74) is 1.19. The molecule has 1 unspecified atom stereocenters. The maximum absolute atomic E-state index is 12.5. The van der Waals surface area contributed by atoms with Crippen LogP contribution in [-0.4, -0.2) is 72.6 Å². The second-order valence-corrected chi connectivity index (χ2v) is 8.71. The number of rotatable bonds is 4. The molecule has 1 aromatic heterocycles. The van der Waals surface area contributed by atoms with E-state index in [2.05, 4.69) is 36.0 Å². The number of nitrogens with zero attached hydrogens (tertiary/aromatic N) is 4. The largest absolute Gasteiger partial charge is 0.368 e. The highest BCUT2D eigenvalue weighted by Gasteiger charge is 2.30. The molecule has 2 saturated heterocycles. The number of carbonyl (C=O) groups is 1. The molecular weight excluding hydrogens is 489 g/mol. The molecule has 1 amide bonds. The molecule has 0 bridgehead atoms. The van der Waals surface area contributed by atoms with Crippen molar-refractivity contribution in [3.05, 3.63) is 15.6 Å². The Morgan fingerprint density at radius 1 is 1.32 bits per heavy atom. The zero-order chi connectivity index (χ0) is 19.4. The Morgan fingerprint density at radius 3 is 2.54 bits per heavy atom. The van der Waals surface area contributed by atoms with Crippen molar-refractivity contribution in [1.29, 1.82) is 0 Å². The third kappa shape index (κ3) is 5.56. The van der Waals surface area contributed by atoms with Crippen molar-refractivity contribution < 1.29 is 9.53 Å². The molecule has 2 aliphatic rings. The highest BCUT2D eigenvalue weighted by molar-refractivity contribution is 14.0. The standard InChI is InChI=1S/C19H31N5O2S.HI/c1-13(2)17-14(3)27-16(22-17)12-21-19(20-4)24-9-7-23(8-10-24)18(25)15-6-5-11-26-15;/h13,15H,5-12H2,1-4H3,(H,20,21);1H. The molecule has 0 radical (unpaired) electrons. The van der Waals surface area contributed by atoms with E-state index in [0.29, 0.717) is 32.2 Å². The molecule has 0 saturated carbocycles. The number of hydrogen-bond donors (Lipinski definition) is 1. The maximum atomic E-state index is 12.5. The number of aliphatic imine (C=N–C) groups is 1. The molecule has 28 heavy (non-hydrogen) atoms. The van der Waals surface area contributed by atoms with Crippen molar-refractivity contribution in [2.45, 2.75) is 52.2 Å². The summed E-state index contributed by atoms with van der Waals surface area (Å²) >= 11 is 1.75. The van der Waals surface area contributed by atoms with Gasteiger partial charge < -0.3 is 19.9 Å². The van der Waals surface area contributed by atoms with E-state index in [9.17, 15) is 4.79 Å². The van der Waals surface area contributed by atoms with Crippen molar-refractivity contribution in [2.24, 2.45) is 4.99 Å². The Bertz CT molecular complexity index is 680. The molecule has 3 heterocycles. The van der Waals surface area contributed by atoms with E-state index in [-0.39, 0.29) is 36.0 Å². The van der Waals surface area contributed by atoms with Crippen molar-refractivity contribution in [3.63, 3.8) is 0 Å². The summed E-state index contributed by atoms with van der Waals surface area (Å²) in [7, 11) is 1.80. The number of halogens is 1. The highest BCUT2D eigenvalue weighted by Crippen LogP contribution is 2.24. The maximum Gasteiger partial charge on any atom is 0.251 e. The number of ether oxygens (including phenoxy) is 1. The van der Waals surface area contributed by atoms with Crippen LogP contribution in [0.3, 0.4) is 0 Å². The topological polar surface area (TPSA) is 70.1 Å². The summed E-state index contributed by atoms with van der Waals surface area (Å²) < 4.78 is 5.53. The minimum Gasteiger partial charge on any atom is -0.368 e. The van der Waals surface area contributed by atoms with Crippen LogP contribution in [0.4, 0.5) is 0 Å². The average Bonchev–Trinajstić information content (AvgIpc) is 3.32. The number of amides is 1. The Labute approximate surface area is 189 Å². The second kappa shape index (κ2) is 10.7. The SMILES string of the molecule is CN=C(NCc1nc(C(C)C)c(C)s1)N1CCN(C(=O)C2CCCO2)CC1.I. The zero-order valence-corrected chi connectivity index (χ0v) is 20.4. The van der Waals surface area contributed by atoms with Crippen LogP contribution in [0.5, 0.6) is 0 Å². The van der Waals surface area contributed by atoms with Crippen LogP contribution >= 0.6 is 35.3 Å². The summed E-state index contributed by atoms with van der Waals surface area (Å²) in [5.74, 6) is 1.47. The van der Waals surface area contributed by atoms with Crippen molar-refractivity contribution in [2.75, 3.05) is 39.8 Å². The fourth-order valence-electron chi connectivity index (χ4n) is 3.68. The predicted octanol–water partition coefficient (Wildman–Crippen LogP) is 2.59. The molecule has 0 spiro atoms. The number of nitrogens with one attached hydrogen (secondary N) is 1. The van der Waals surface area contributed by atoms with Gasteiger partial charge in [0.25, 0.3) is 5.91 Å². The lowest BCUT2D eigenvalue weighted by atomic mass is 10.1.